The highest BCUT2D eigenvalue weighted by Crippen LogP contribution is 2.25. The third-order valence-electron chi connectivity index (χ3n) is 5.17. The Labute approximate surface area is 191 Å². The normalized spacial score (nSPS) is 15.1. The summed E-state index contributed by atoms with van der Waals surface area (Å²) in [5.41, 5.74) is 6.46. The van der Waals surface area contributed by atoms with Gasteiger partial charge in [0, 0.05) is 31.2 Å². The Kier molecular flexibility index (Phi) is 7.71. The number of carbonyl (C=O) groups excluding carboxylic acids is 3. The predicted molar refractivity (Wildman–Crippen MR) is 118 cm³/mol. The number of ether oxygens (including phenoxy) is 1. The number of piperidine rings is 1. The number of hydrogen-bond donors (Lipinski definition) is 3. The molecule has 0 bridgehead atoms. The van der Waals surface area contributed by atoms with E-state index >= 15 is 0 Å². The predicted octanol–water partition coefficient (Wildman–Crippen LogP) is 1.66. The number of nitrogens with two attached hydrogens (primary N) is 1. The van der Waals surface area contributed by atoms with Gasteiger partial charge in [0.15, 0.2) is 0 Å². The highest BCUT2D eigenvalue weighted by molar-refractivity contribution is 7.89. The lowest BCUT2D eigenvalue weighted by atomic mass is 9.97. The third-order valence-corrected chi connectivity index (χ3v) is 6.94. The summed E-state index contributed by atoms with van der Waals surface area (Å²) in [6.07, 6.45) is 0.718. The Hall–Kier alpha value is -3.38. The molecule has 178 valence electrons. The summed E-state index contributed by atoms with van der Waals surface area (Å²) in [4.78, 5) is 35.1. The second-order valence-electron chi connectivity index (χ2n) is 7.42. The van der Waals surface area contributed by atoms with E-state index in [1.807, 2.05) is 0 Å². The summed E-state index contributed by atoms with van der Waals surface area (Å²) in [5, 5.41) is 4.98. The molecule has 11 nitrogen and oxygen atoms in total. The van der Waals surface area contributed by atoms with Gasteiger partial charge in [-0.2, -0.15) is 4.31 Å². The van der Waals surface area contributed by atoms with Gasteiger partial charge < -0.3 is 25.5 Å². The fourth-order valence-electron chi connectivity index (χ4n) is 3.44. The number of nitrogens with one attached hydrogen (secondary N) is 2. The van der Waals surface area contributed by atoms with Crippen LogP contribution in [0.3, 0.4) is 0 Å². The maximum Gasteiger partial charge on any atom is 0.374 e. The van der Waals surface area contributed by atoms with Crippen molar-refractivity contribution in [1.82, 2.24) is 9.62 Å². The van der Waals surface area contributed by atoms with Gasteiger partial charge in [-0.15, -0.1) is 0 Å². The van der Waals surface area contributed by atoms with Crippen LogP contribution < -0.4 is 16.4 Å². The minimum absolute atomic E-state index is 0.148. The molecular weight excluding hydrogens is 452 g/mol. The van der Waals surface area contributed by atoms with Crippen LogP contribution >= 0.6 is 0 Å². The number of anilines is 1. The largest absolute Gasteiger partial charge is 0.460 e. The van der Waals surface area contributed by atoms with Gasteiger partial charge in [-0.1, -0.05) is 12.1 Å². The van der Waals surface area contributed by atoms with E-state index in [0.717, 1.165) is 5.56 Å². The number of rotatable bonds is 8. The van der Waals surface area contributed by atoms with Gasteiger partial charge in [-0.25, -0.2) is 18.0 Å². The van der Waals surface area contributed by atoms with Gasteiger partial charge >= 0.3 is 12.0 Å². The zero-order chi connectivity index (χ0) is 24.0. The average molecular weight is 479 g/mol. The van der Waals surface area contributed by atoms with Crippen LogP contribution in [0.1, 0.15) is 35.9 Å². The SMILES string of the molecule is CCOC(=O)c1ccc(S(=O)(=O)N2CCC(C(=O)NCc3ccc(NC(N)=O)cc3)CC2)o1. The van der Waals surface area contributed by atoms with Gasteiger partial charge in [0.05, 0.1) is 6.61 Å². The lowest BCUT2D eigenvalue weighted by Crippen LogP contribution is -2.42. The number of amides is 3. The van der Waals surface area contributed by atoms with Crippen molar-refractivity contribution in [2.24, 2.45) is 11.7 Å². The number of carbonyl (C=O) groups is 3. The van der Waals surface area contributed by atoms with Gasteiger partial charge in [0.2, 0.25) is 16.8 Å². The first-order valence-electron chi connectivity index (χ1n) is 10.4. The summed E-state index contributed by atoms with van der Waals surface area (Å²) in [5.74, 6) is -1.39. The molecule has 0 radical (unpaired) electrons. The number of sulfonamides is 1. The fourth-order valence-corrected chi connectivity index (χ4v) is 4.82. The number of urea groups is 1. The smallest absolute Gasteiger partial charge is 0.374 e. The zero-order valence-electron chi connectivity index (χ0n) is 18.1. The van der Waals surface area contributed by atoms with Crippen molar-refractivity contribution in [2.45, 2.75) is 31.4 Å². The number of furan rings is 1. The topological polar surface area (TPSA) is 161 Å². The molecule has 0 atom stereocenters. The van der Waals surface area contributed by atoms with Crippen LogP contribution in [0, 0.1) is 5.92 Å². The van der Waals surface area contributed by atoms with E-state index in [1.165, 1.54) is 16.4 Å². The van der Waals surface area contributed by atoms with Crippen molar-refractivity contribution in [3.63, 3.8) is 0 Å². The van der Waals surface area contributed by atoms with Crippen molar-refractivity contribution in [3.8, 4) is 0 Å². The maximum atomic E-state index is 12.8. The molecule has 1 saturated heterocycles. The first kappa shape index (κ1) is 24.3. The monoisotopic (exact) mass is 478 g/mol. The standard InChI is InChI=1S/C21H26N4O7S/c1-2-31-20(27)17-7-8-18(32-17)33(29,30)25-11-9-15(10-12-25)19(26)23-13-14-3-5-16(6-4-14)24-21(22)28/h3-8,15H,2,9-13H2,1H3,(H,23,26)(H3,22,24,28). The second kappa shape index (κ2) is 10.5. The number of nitrogens with zero attached hydrogens (tertiary/aromatic N) is 1. The fraction of sp³-hybridized carbons (Fsp3) is 0.381. The molecule has 33 heavy (non-hydrogen) atoms. The highest BCUT2D eigenvalue weighted by Gasteiger charge is 2.34. The molecule has 0 unspecified atom stereocenters. The van der Waals surface area contributed by atoms with E-state index in [9.17, 15) is 22.8 Å². The van der Waals surface area contributed by atoms with E-state index in [-0.39, 0.29) is 42.4 Å². The molecule has 12 heteroatoms. The lowest BCUT2D eigenvalue weighted by Gasteiger charge is -2.29. The molecule has 1 aliphatic heterocycles. The van der Waals surface area contributed by atoms with Gasteiger partial charge in [0.25, 0.3) is 10.0 Å². The molecule has 0 spiro atoms. The third kappa shape index (κ3) is 6.11. The summed E-state index contributed by atoms with van der Waals surface area (Å²) < 4.78 is 36.9. The molecule has 4 N–H and O–H groups in total. The Morgan fingerprint density at radius 3 is 2.39 bits per heavy atom. The molecule has 2 heterocycles. The van der Waals surface area contributed by atoms with Crippen molar-refractivity contribution >= 4 is 33.6 Å². The first-order chi connectivity index (χ1) is 15.7. The van der Waals surface area contributed by atoms with Gasteiger partial charge in [-0.05, 0) is 49.6 Å². The molecular formula is C21H26N4O7S. The number of esters is 1. The quantitative estimate of drug-likeness (QED) is 0.486. The van der Waals surface area contributed by atoms with Crippen LogP contribution in [0.5, 0.6) is 0 Å². The molecule has 1 aromatic heterocycles. The van der Waals surface area contributed by atoms with Crippen LogP contribution in [0.15, 0.2) is 45.9 Å². The van der Waals surface area contributed by atoms with Crippen molar-refractivity contribution < 1.29 is 32.0 Å². The molecule has 0 saturated carbocycles. The summed E-state index contributed by atoms with van der Waals surface area (Å²) in [6.45, 7) is 2.40. The van der Waals surface area contributed by atoms with E-state index in [0.29, 0.717) is 25.1 Å². The minimum Gasteiger partial charge on any atom is -0.460 e. The summed E-state index contributed by atoms with van der Waals surface area (Å²) in [7, 11) is -3.92. The van der Waals surface area contributed by atoms with Crippen molar-refractivity contribution in [1.29, 1.82) is 0 Å². The van der Waals surface area contributed by atoms with E-state index < -0.39 is 22.0 Å². The highest BCUT2D eigenvalue weighted by atomic mass is 32.2. The van der Waals surface area contributed by atoms with Crippen LogP contribution in [0.25, 0.3) is 0 Å². The Balaban J connectivity index is 1.51. The van der Waals surface area contributed by atoms with Crippen molar-refractivity contribution in [2.75, 3.05) is 25.0 Å². The Bertz CT molecular complexity index is 1100. The summed E-state index contributed by atoms with van der Waals surface area (Å²) >= 11 is 0. The number of primary amides is 1. The first-order valence-corrected chi connectivity index (χ1v) is 11.8. The number of benzene rings is 1. The molecule has 0 aliphatic carbocycles. The lowest BCUT2D eigenvalue weighted by molar-refractivity contribution is -0.126. The van der Waals surface area contributed by atoms with Crippen LogP contribution in [0.2, 0.25) is 0 Å². The van der Waals surface area contributed by atoms with E-state index in [1.54, 1.807) is 31.2 Å². The molecule has 1 aromatic carbocycles. The molecule has 3 amide bonds. The molecule has 1 aliphatic rings. The van der Waals surface area contributed by atoms with Gasteiger partial charge in [0.1, 0.15) is 0 Å². The van der Waals surface area contributed by atoms with Gasteiger partial charge in [-0.3, -0.25) is 4.79 Å². The minimum atomic E-state index is -3.92. The van der Waals surface area contributed by atoms with Crippen LogP contribution in [-0.2, 0) is 26.1 Å². The summed E-state index contributed by atoms with van der Waals surface area (Å²) in [6, 6.07) is 8.71. The van der Waals surface area contributed by atoms with Crippen molar-refractivity contribution in [3.05, 3.63) is 47.7 Å². The molecule has 2 aromatic rings. The Morgan fingerprint density at radius 1 is 1.12 bits per heavy atom. The van der Waals surface area contributed by atoms with E-state index in [2.05, 4.69) is 10.6 Å². The second-order valence-corrected chi connectivity index (χ2v) is 9.29. The van der Waals surface area contributed by atoms with Crippen LogP contribution in [0.4, 0.5) is 10.5 Å². The zero-order valence-corrected chi connectivity index (χ0v) is 18.9. The average Bonchev–Trinajstić information content (AvgIpc) is 3.30. The Morgan fingerprint density at radius 2 is 1.79 bits per heavy atom. The molecule has 3 rings (SSSR count). The number of hydrogen-bond acceptors (Lipinski definition) is 7. The maximum absolute atomic E-state index is 12.8. The molecule has 1 fully saturated rings. The van der Waals surface area contributed by atoms with Crippen LogP contribution in [-0.4, -0.2) is 50.3 Å². The van der Waals surface area contributed by atoms with E-state index in [4.69, 9.17) is 14.9 Å².